The molecule has 0 aliphatic heterocycles. The van der Waals surface area contributed by atoms with E-state index >= 15 is 0 Å². The molecule has 2 nitrogen and oxygen atoms in total. The van der Waals surface area contributed by atoms with Crippen molar-refractivity contribution in [3.63, 3.8) is 0 Å². The number of rotatable bonds is 1. The molecule has 0 fully saturated rings. The van der Waals surface area contributed by atoms with Gasteiger partial charge in [0, 0.05) is 11.0 Å². The average molecular weight is 150 g/mol. The number of nitrogens with zero attached hydrogens (tertiary/aromatic N) is 1. The van der Waals surface area contributed by atoms with E-state index in [0.29, 0.717) is 4.90 Å². The molecule has 0 unspecified atom stereocenters. The summed E-state index contributed by atoms with van der Waals surface area (Å²) in [6.07, 6.45) is 0. The van der Waals surface area contributed by atoms with Crippen LogP contribution in [0.3, 0.4) is 0 Å². The highest BCUT2D eigenvalue weighted by Gasteiger charge is 1.93. The highest BCUT2D eigenvalue weighted by atomic mass is 32.2. The molecule has 0 bridgehead atoms. The Kier molecular flexibility index (Phi) is 2.19. The maximum Gasteiger partial charge on any atom is 0.179 e. The second kappa shape index (κ2) is 3.14. The number of benzene rings is 1. The van der Waals surface area contributed by atoms with Crippen molar-refractivity contribution >= 4 is 11.8 Å². The molecule has 10 heavy (non-hydrogen) atoms. The van der Waals surface area contributed by atoms with Crippen LogP contribution in [0.2, 0.25) is 0 Å². The van der Waals surface area contributed by atoms with Gasteiger partial charge in [0.2, 0.25) is 0 Å². The van der Waals surface area contributed by atoms with Gasteiger partial charge < -0.3 is 0 Å². The van der Waals surface area contributed by atoms with E-state index < -0.39 is 0 Å². The molecule has 0 aromatic heterocycles. The smallest absolute Gasteiger partial charge is 0.179 e. The Morgan fingerprint density at radius 3 is 2.90 bits per heavy atom. The summed E-state index contributed by atoms with van der Waals surface area (Å²) in [6.45, 7) is 0. The van der Waals surface area contributed by atoms with E-state index in [1.54, 1.807) is 12.1 Å². The first-order valence-corrected chi connectivity index (χ1v) is 3.47. The molecule has 0 aliphatic rings. The molecule has 3 heteroatoms. The van der Waals surface area contributed by atoms with Crippen LogP contribution in [-0.2, 0) is 5.11 Å². The average Bonchev–Trinajstić information content (AvgIpc) is 1.88. The van der Waals surface area contributed by atoms with Crippen molar-refractivity contribution in [1.82, 2.24) is 0 Å². The van der Waals surface area contributed by atoms with Gasteiger partial charge in [-0.15, -0.1) is 0 Å². The minimum Gasteiger partial charge on any atom is -0.290 e. The normalized spacial score (nSPS) is 8.70. The molecule has 0 amide bonds. The molecule has 0 spiro atoms. The number of nitriles is 1. The number of thiocyanates is 1. The molecule has 0 saturated heterocycles. The van der Waals surface area contributed by atoms with E-state index in [9.17, 15) is 5.11 Å². The third-order valence-corrected chi connectivity index (χ3v) is 1.55. The zero-order chi connectivity index (χ0) is 7.40. The van der Waals surface area contributed by atoms with Crippen LogP contribution in [0.5, 0.6) is 5.75 Å². The molecule has 0 atom stereocenters. The van der Waals surface area contributed by atoms with E-state index in [0.717, 1.165) is 11.8 Å². The fourth-order valence-corrected chi connectivity index (χ4v) is 1.02. The van der Waals surface area contributed by atoms with E-state index in [1.165, 1.54) is 12.1 Å². The van der Waals surface area contributed by atoms with Crippen molar-refractivity contribution in [3.05, 3.63) is 24.3 Å². The molecule has 0 heterocycles. The van der Waals surface area contributed by atoms with Gasteiger partial charge >= 0.3 is 0 Å². The lowest BCUT2D eigenvalue weighted by molar-refractivity contribution is 0.354. The van der Waals surface area contributed by atoms with Crippen molar-refractivity contribution in [2.75, 3.05) is 0 Å². The maximum atomic E-state index is 10.6. The van der Waals surface area contributed by atoms with Crippen LogP contribution in [0.15, 0.2) is 29.2 Å². The van der Waals surface area contributed by atoms with Crippen LogP contribution >= 0.6 is 11.8 Å². The predicted octanol–water partition coefficient (Wildman–Crippen LogP) is 2.40. The number of hydrogen-bond donors (Lipinski definition) is 0. The summed E-state index contributed by atoms with van der Waals surface area (Å²) in [5.41, 5.74) is 0. The van der Waals surface area contributed by atoms with Gasteiger partial charge in [-0.3, -0.25) is 5.11 Å². The quantitative estimate of drug-likeness (QED) is 0.455. The summed E-state index contributed by atoms with van der Waals surface area (Å²) in [5, 5.41) is 20.8. The number of thioether (sulfide) groups is 1. The van der Waals surface area contributed by atoms with Gasteiger partial charge in [0.25, 0.3) is 0 Å². The summed E-state index contributed by atoms with van der Waals surface area (Å²) in [4.78, 5) is 0.704. The lowest BCUT2D eigenvalue weighted by Gasteiger charge is -1.89. The molecular formula is C7H4NOS. The van der Waals surface area contributed by atoms with Crippen LogP contribution < -0.4 is 0 Å². The van der Waals surface area contributed by atoms with Crippen molar-refractivity contribution in [2.45, 2.75) is 4.90 Å². The predicted molar refractivity (Wildman–Crippen MR) is 38.0 cm³/mol. The van der Waals surface area contributed by atoms with Gasteiger partial charge in [0.05, 0.1) is 0 Å². The monoisotopic (exact) mass is 150 g/mol. The highest BCUT2D eigenvalue weighted by molar-refractivity contribution is 8.03. The first-order valence-electron chi connectivity index (χ1n) is 2.66. The fourth-order valence-electron chi connectivity index (χ4n) is 0.590. The van der Waals surface area contributed by atoms with Crippen LogP contribution in [0.4, 0.5) is 0 Å². The molecular weight excluding hydrogens is 146 g/mol. The Bertz CT molecular complexity index is 267. The van der Waals surface area contributed by atoms with Gasteiger partial charge in [0.15, 0.2) is 5.75 Å². The van der Waals surface area contributed by atoms with Crippen LogP contribution in [0.25, 0.3) is 0 Å². The van der Waals surface area contributed by atoms with E-state index in [2.05, 4.69) is 0 Å². The largest absolute Gasteiger partial charge is 0.290 e. The lowest BCUT2D eigenvalue weighted by Crippen LogP contribution is -1.65. The summed E-state index contributed by atoms with van der Waals surface area (Å²) in [6, 6.07) is 6.27. The van der Waals surface area contributed by atoms with Crippen molar-refractivity contribution in [1.29, 1.82) is 5.26 Å². The molecule has 49 valence electrons. The summed E-state index contributed by atoms with van der Waals surface area (Å²) in [7, 11) is 0. The Hall–Kier alpha value is -1.14. The molecule has 1 aromatic carbocycles. The minimum absolute atomic E-state index is 0.0553. The van der Waals surface area contributed by atoms with Crippen LogP contribution in [0.1, 0.15) is 0 Å². The first kappa shape index (κ1) is 6.97. The van der Waals surface area contributed by atoms with Crippen molar-refractivity contribution in [2.24, 2.45) is 0 Å². The highest BCUT2D eigenvalue weighted by Crippen LogP contribution is 2.20. The zero-order valence-corrected chi connectivity index (χ0v) is 5.89. The second-order valence-electron chi connectivity index (χ2n) is 1.67. The Balaban J connectivity index is 2.87. The SMILES string of the molecule is N#CSc1cccc([O])c1. The van der Waals surface area contributed by atoms with E-state index in [-0.39, 0.29) is 5.75 Å². The van der Waals surface area contributed by atoms with E-state index in [4.69, 9.17) is 5.26 Å². The second-order valence-corrected chi connectivity index (χ2v) is 2.53. The third kappa shape index (κ3) is 1.67. The Labute approximate surface area is 63.1 Å². The van der Waals surface area contributed by atoms with Gasteiger partial charge in [-0.1, -0.05) is 6.07 Å². The minimum atomic E-state index is -0.0553. The maximum absolute atomic E-state index is 10.6. The molecule has 1 radical (unpaired) electrons. The van der Waals surface area contributed by atoms with Crippen LogP contribution in [-0.4, -0.2) is 0 Å². The Morgan fingerprint density at radius 1 is 1.50 bits per heavy atom. The lowest BCUT2D eigenvalue weighted by atomic mass is 10.3. The van der Waals surface area contributed by atoms with Gasteiger partial charge in [-0.2, -0.15) is 5.26 Å². The molecule has 1 aromatic rings. The van der Waals surface area contributed by atoms with Gasteiger partial charge in [-0.25, -0.2) is 0 Å². The molecule has 0 aliphatic carbocycles. The molecule has 1 rings (SSSR count). The van der Waals surface area contributed by atoms with Crippen LogP contribution in [0, 0.1) is 10.7 Å². The fraction of sp³-hybridized carbons (Fsp3) is 0. The number of hydrogen-bond acceptors (Lipinski definition) is 2. The molecule has 0 N–H and O–H groups in total. The summed E-state index contributed by atoms with van der Waals surface area (Å²) >= 11 is 0.995. The first-order chi connectivity index (χ1) is 4.83. The third-order valence-electron chi connectivity index (χ3n) is 0.969. The topological polar surface area (TPSA) is 43.7 Å². The molecule has 0 saturated carbocycles. The standard InChI is InChI=1S/C7H4NOS/c8-5-10-7-3-1-2-6(9)4-7/h1-4H. The zero-order valence-electron chi connectivity index (χ0n) is 5.07. The van der Waals surface area contributed by atoms with E-state index in [1.807, 2.05) is 5.40 Å². The Morgan fingerprint density at radius 2 is 2.30 bits per heavy atom. The summed E-state index contributed by atoms with van der Waals surface area (Å²) < 4.78 is 0. The van der Waals surface area contributed by atoms with Crippen molar-refractivity contribution < 1.29 is 5.11 Å². The van der Waals surface area contributed by atoms with Gasteiger partial charge in [-0.05, 0) is 23.9 Å². The van der Waals surface area contributed by atoms with Gasteiger partial charge in [0.1, 0.15) is 5.40 Å². The summed E-state index contributed by atoms with van der Waals surface area (Å²) in [5.74, 6) is -0.0553. The van der Waals surface area contributed by atoms with Crippen molar-refractivity contribution in [3.8, 4) is 11.2 Å².